The zero-order valence-corrected chi connectivity index (χ0v) is 9.09. The van der Waals surface area contributed by atoms with Crippen LogP contribution in [-0.2, 0) is 4.79 Å². The highest BCUT2D eigenvalue weighted by molar-refractivity contribution is 5.83. The number of rotatable bonds is 5. The number of carbonyl (C=O) groups excluding carboxylic acids is 1. The first kappa shape index (κ1) is 11.4. The number of hydrogen-bond acceptors (Lipinski definition) is 2. The van der Waals surface area contributed by atoms with E-state index >= 15 is 0 Å². The predicted octanol–water partition coefficient (Wildman–Crippen LogP) is 2.29. The van der Waals surface area contributed by atoms with Crippen molar-refractivity contribution >= 4 is 5.78 Å². The zero-order chi connectivity index (χ0) is 10.6. The summed E-state index contributed by atoms with van der Waals surface area (Å²) in [6.45, 7) is 6.59. The maximum Gasteiger partial charge on any atom is 0.140 e. The fraction of sp³-hybridized carbons (Fsp3) is 0.750. The van der Waals surface area contributed by atoms with Crippen LogP contribution in [0.15, 0.2) is 12.2 Å². The second kappa shape index (κ2) is 5.30. The van der Waals surface area contributed by atoms with E-state index in [1.165, 1.54) is 0 Å². The predicted molar refractivity (Wildman–Crippen MR) is 58.9 cm³/mol. The molecular formula is C12H21NO. The third-order valence-corrected chi connectivity index (χ3v) is 3.30. The average molecular weight is 195 g/mol. The standard InChI is InChI=1S/C12H21NO/c1-3-9(2)7-12(14)11-6-4-5-10(11)8-13/h10-11H,2-8,13H2,1H3. The summed E-state index contributed by atoms with van der Waals surface area (Å²) in [5, 5.41) is 0. The molecule has 0 bridgehead atoms. The Balaban J connectivity index is 2.47. The van der Waals surface area contributed by atoms with Crippen LogP contribution in [-0.4, -0.2) is 12.3 Å². The summed E-state index contributed by atoms with van der Waals surface area (Å²) in [6.07, 6.45) is 4.81. The Morgan fingerprint density at radius 1 is 1.50 bits per heavy atom. The summed E-state index contributed by atoms with van der Waals surface area (Å²) in [4.78, 5) is 11.9. The van der Waals surface area contributed by atoms with Gasteiger partial charge in [-0.05, 0) is 31.7 Å². The minimum atomic E-state index is 0.225. The molecule has 2 heteroatoms. The van der Waals surface area contributed by atoms with E-state index in [0.29, 0.717) is 24.7 Å². The van der Waals surface area contributed by atoms with Crippen LogP contribution in [0, 0.1) is 11.8 Å². The van der Waals surface area contributed by atoms with E-state index in [1.54, 1.807) is 0 Å². The highest BCUT2D eigenvalue weighted by Crippen LogP contribution is 2.33. The molecule has 1 fully saturated rings. The highest BCUT2D eigenvalue weighted by atomic mass is 16.1. The minimum absolute atomic E-state index is 0.225. The first-order valence-electron chi connectivity index (χ1n) is 5.58. The largest absolute Gasteiger partial charge is 0.330 e. The van der Waals surface area contributed by atoms with E-state index in [9.17, 15) is 4.79 Å². The van der Waals surface area contributed by atoms with Gasteiger partial charge in [-0.2, -0.15) is 0 Å². The molecule has 0 heterocycles. The average Bonchev–Trinajstić information content (AvgIpc) is 2.65. The summed E-state index contributed by atoms with van der Waals surface area (Å²) in [5.41, 5.74) is 6.70. The normalized spacial score (nSPS) is 26.4. The van der Waals surface area contributed by atoms with E-state index in [4.69, 9.17) is 5.73 Å². The fourth-order valence-corrected chi connectivity index (χ4v) is 2.25. The summed E-state index contributed by atoms with van der Waals surface area (Å²) < 4.78 is 0. The molecule has 0 saturated heterocycles. The quantitative estimate of drug-likeness (QED) is 0.684. The van der Waals surface area contributed by atoms with Gasteiger partial charge in [0, 0.05) is 12.3 Å². The van der Waals surface area contributed by atoms with Crippen LogP contribution >= 0.6 is 0 Å². The molecule has 2 atom stereocenters. The van der Waals surface area contributed by atoms with Crippen LogP contribution in [0.4, 0.5) is 0 Å². The van der Waals surface area contributed by atoms with Crippen molar-refractivity contribution in [1.82, 2.24) is 0 Å². The van der Waals surface area contributed by atoms with Crippen molar-refractivity contribution < 1.29 is 4.79 Å². The van der Waals surface area contributed by atoms with Crippen LogP contribution in [0.25, 0.3) is 0 Å². The van der Waals surface area contributed by atoms with Crippen LogP contribution < -0.4 is 5.73 Å². The smallest absolute Gasteiger partial charge is 0.140 e. The van der Waals surface area contributed by atoms with Gasteiger partial charge in [0.05, 0.1) is 0 Å². The molecule has 0 aromatic rings. The summed E-state index contributed by atoms with van der Waals surface area (Å²) >= 11 is 0. The number of nitrogens with two attached hydrogens (primary N) is 1. The number of ketones is 1. The Bertz CT molecular complexity index is 222. The van der Waals surface area contributed by atoms with Crippen molar-refractivity contribution in [2.24, 2.45) is 17.6 Å². The van der Waals surface area contributed by atoms with Gasteiger partial charge >= 0.3 is 0 Å². The molecule has 0 aromatic heterocycles. The lowest BCUT2D eigenvalue weighted by molar-refractivity contribution is -0.123. The second-order valence-corrected chi connectivity index (χ2v) is 4.28. The maximum atomic E-state index is 11.9. The minimum Gasteiger partial charge on any atom is -0.330 e. The van der Waals surface area contributed by atoms with Crippen molar-refractivity contribution in [3.05, 3.63) is 12.2 Å². The lowest BCUT2D eigenvalue weighted by atomic mass is 9.89. The Kier molecular flexibility index (Phi) is 4.33. The van der Waals surface area contributed by atoms with Gasteiger partial charge in [0.1, 0.15) is 5.78 Å². The molecule has 1 aliphatic rings. The van der Waals surface area contributed by atoms with E-state index < -0.39 is 0 Å². The first-order valence-corrected chi connectivity index (χ1v) is 5.58. The SMILES string of the molecule is C=C(CC)CC(=O)C1CCCC1CN. The second-order valence-electron chi connectivity index (χ2n) is 4.28. The summed E-state index contributed by atoms with van der Waals surface area (Å²) in [7, 11) is 0. The molecule has 2 nitrogen and oxygen atoms in total. The third-order valence-electron chi connectivity index (χ3n) is 3.30. The third kappa shape index (κ3) is 2.68. The number of hydrogen-bond donors (Lipinski definition) is 1. The Hall–Kier alpha value is -0.630. The molecule has 0 spiro atoms. The molecule has 1 rings (SSSR count). The molecule has 1 saturated carbocycles. The van der Waals surface area contributed by atoms with Crippen LogP contribution in [0.1, 0.15) is 39.0 Å². The summed E-state index contributed by atoms with van der Waals surface area (Å²) in [6, 6.07) is 0. The van der Waals surface area contributed by atoms with Gasteiger partial charge < -0.3 is 5.73 Å². The van der Waals surface area contributed by atoms with Crippen LogP contribution in [0.5, 0.6) is 0 Å². The van der Waals surface area contributed by atoms with Gasteiger partial charge in [-0.25, -0.2) is 0 Å². The number of carbonyl (C=O) groups is 1. The molecule has 0 aromatic carbocycles. The highest BCUT2D eigenvalue weighted by Gasteiger charge is 2.31. The van der Waals surface area contributed by atoms with Gasteiger partial charge in [0.2, 0.25) is 0 Å². The molecule has 0 radical (unpaired) electrons. The Morgan fingerprint density at radius 3 is 2.79 bits per heavy atom. The maximum absolute atomic E-state index is 11.9. The molecular weight excluding hydrogens is 174 g/mol. The monoisotopic (exact) mass is 195 g/mol. The summed E-state index contributed by atoms with van der Waals surface area (Å²) in [5.74, 6) is 1.03. The molecule has 2 N–H and O–H groups in total. The van der Waals surface area contributed by atoms with Crippen molar-refractivity contribution in [2.75, 3.05) is 6.54 Å². The zero-order valence-electron chi connectivity index (χ0n) is 9.09. The van der Waals surface area contributed by atoms with Gasteiger partial charge in [0.25, 0.3) is 0 Å². The number of Topliss-reactive ketones (excluding diaryl/α,β-unsaturated/α-hetero) is 1. The van der Waals surface area contributed by atoms with Crippen molar-refractivity contribution in [3.63, 3.8) is 0 Å². The molecule has 14 heavy (non-hydrogen) atoms. The van der Waals surface area contributed by atoms with Gasteiger partial charge in [0.15, 0.2) is 0 Å². The topological polar surface area (TPSA) is 43.1 Å². The van der Waals surface area contributed by atoms with E-state index in [2.05, 4.69) is 6.58 Å². The molecule has 0 amide bonds. The van der Waals surface area contributed by atoms with Gasteiger partial charge in [-0.1, -0.05) is 25.5 Å². The Labute approximate surface area is 86.6 Å². The molecule has 0 aliphatic heterocycles. The van der Waals surface area contributed by atoms with Crippen molar-refractivity contribution in [2.45, 2.75) is 39.0 Å². The van der Waals surface area contributed by atoms with Gasteiger partial charge in [-0.15, -0.1) is 0 Å². The van der Waals surface area contributed by atoms with Crippen LogP contribution in [0.3, 0.4) is 0 Å². The van der Waals surface area contributed by atoms with Gasteiger partial charge in [-0.3, -0.25) is 4.79 Å². The van der Waals surface area contributed by atoms with Crippen molar-refractivity contribution in [1.29, 1.82) is 0 Å². The number of allylic oxidation sites excluding steroid dienone is 1. The first-order chi connectivity index (χ1) is 6.69. The molecule has 80 valence electrons. The van der Waals surface area contributed by atoms with Crippen LogP contribution in [0.2, 0.25) is 0 Å². The molecule has 1 aliphatic carbocycles. The van der Waals surface area contributed by atoms with E-state index in [-0.39, 0.29) is 5.92 Å². The molecule has 2 unspecified atom stereocenters. The van der Waals surface area contributed by atoms with Crippen molar-refractivity contribution in [3.8, 4) is 0 Å². The lowest BCUT2D eigenvalue weighted by Crippen LogP contribution is -2.25. The fourth-order valence-electron chi connectivity index (χ4n) is 2.25. The van der Waals surface area contributed by atoms with E-state index in [1.807, 2.05) is 6.92 Å². The van der Waals surface area contributed by atoms with E-state index in [0.717, 1.165) is 31.3 Å². The Morgan fingerprint density at radius 2 is 2.21 bits per heavy atom. The lowest BCUT2D eigenvalue weighted by Gasteiger charge is -2.16.